The lowest BCUT2D eigenvalue weighted by molar-refractivity contribution is -0.137. The lowest BCUT2D eigenvalue weighted by Crippen LogP contribution is -2.57. The number of carbonyl (C=O) groups is 3. The highest BCUT2D eigenvalue weighted by Crippen LogP contribution is 2.18. The van der Waals surface area contributed by atoms with E-state index in [0.29, 0.717) is 44.0 Å². The minimum absolute atomic E-state index is 0.0547. The number of piperazine rings is 1. The van der Waals surface area contributed by atoms with Gasteiger partial charge in [-0.1, -0.05) is 26.0 Å². The highest BCUT2D eigenvalue weighted by molar-refractivity contribution is 5.99. The van der Waals surface area contributed by atoms with Crippen LogP contribution in [0.2, 0.25) is 0 Å². The molecule has 8 heteroatoms. The summed E-state index contributed by atoms with van der Waals surface area (Å²) in [6, 6.07) is 6.37. The lowest BCUT2D eigenvalue weighted by atomic mass is 10.0. The molecule has 0 aromatic heterocycles. The number of likely N-dealkylation sites (tertiary alicyclic amines) is 1. The molecule has 2 aliphatic heterocycles. The molecule has 31 heavy (non-hydrogen) atoms. The molecule has 1 N–H and O–H groups in total. The van der Waals surface area contributed by atoms with Gasteiger partial charge in [-0.3, -0.25) is 19.3 Å². The Hall–Kier alpha value is -2.61. The number of rotatable bonds is 7. The fourth-order valence-electron chi connectivity index (χ4n) is 4.15. The first kappa shape index (κ1) is 23.1. The zero-order chi connectivity index (χ0) is 22.4. The highest BCUT2D eigenvalue weighted by Gasteiger charge is 2.32. The maximum Gasteiger partial charge on any atom is 0.255 e. The second kappa shape index (κ2) is 10.6. The number of para-hydroxylation sites is 1. The zero-order valence-electron chi connectivity index (χ0n) is 18.8. The fraction of sp³-hybridized carbons (Fsp3) is 0.609. The van der Waals surface area contributed by atoms with Crippen LogP contribution in [0, 0.1) is 5.92 Å². The number of hydrogen-bond donors (Lipinski definition) is 1. The molecule has 2 aliphatic rings. The van der Waals surface area contributed by atoms with Crippen molar-refractivity contribution in [1.29, 1.82) is 0 Å². The first-order chi connectivity index (χ1) is 14.9. The summed E-state index contributed by atoms with van der Waals surface area (Å²) < 4.78 is 5.27. The van der Waals surface area contributed by atoms with E-state index in [0.717, 1.165) is 25.9 Å². The molecule has 2 fully saturated rings. The van der Waals surface area contributed by atoms with Crippen LogP contribution in [0.25, 0.3) is 0 Å². The number of hydrogen-bond acceptors (Lipinski definition) is 5. The molecular formula is C23H34N4O4. The van der Waals surface area contributed by atoms with Crippen molar-refractivity contribution in [3.8, 4) is 5.75 Å². The minimum Gasteiger partial charge on any atom is -0.496 e. The van der Waals surface area contributed by atoms with Crippen LogP contribution < -0.4 is 10.1 Å². The van der Waals surface area contributed by atoms with Crippen LogP contribution in [0.3, 0.4) is 0 Å². The van der Waals surface area contributed by atoms with Crippen LogP contribution in [0.4, 0.5) is 0 Å². The van der Waals surface area contributed by atoms with Crippen molar-refractivity contribution in [2.45, 2.75) is 32.7 Å². The Labute approximate surface area is 184 Å². The van der Waals surface area contributed by atoms with Crippen LogP contribution >= 0.6 is 0 Å². The summed E-state index contributed by atoms with van der Waals surface area (Å²) in [6.45, 7) is 8.43. The van der Waals surface area contributed by atoms with Gasteiger partial charge in [0.25, 0.3) is 5.91 Å². The van der Waals surface area contributed by atoms with Crippen LogP contribution in [0.5, 0.6) is 5.75 Å². The summed E-state index contributed by atoms with van der Waals surface area (Å²) in [5.74, 6) is 0.205. The molecule has 0 unspecified atom stereocenters. The summed E-state index contributed by atoms with van der Waals surface area (Å²) in [6.07, 6.45) is 2.18. The topological polar surface area (TPSA) is 82.2 Å². The SMILES string of the molecule is COc1ccccc1C(=O)N[C@H](C(=O)N1CCN(CC(=O)N2CCCC2)CC1)C(C)C. The van der Waals surface area contributed by atoms with Crippen molar-refractivity contribution in [3.63, 3.8) is 0 Å². The third-order valence-corrected chi connectivity index (χ3v) is 6.07. The molecule has 0 aliphatic carbocycles. The molecule has 2 heterocycles. The Morgan fingerprint density at radius 1 is 0.968 bits per heavy atom. The predicted octanol–water partition coefficient (Wildman–Crippen LogP) is 1.22. The van der Waals surface area contributed by atoms with Crippen molar-refractivity contribution < 1.29 is 19.1 Å². The molecule has 3 rings (SSSR count). The van der Waals surface area contributed by atoms with Crippen molar-refractivity contribution in [3.05, 3.63) is 29.8 Å². The predicted molar refractivity (Wildman–Crippen MR) is 118 cm³/mol. The van der Waals surface area contributed by atoms with Gasteiger partial charge in [-0.05, 0) is 30.9 Å². The van der Waals surface area contributed by atoms with E-state index in [1.165, 1.54) is 7.11 Å². The van der Waals surface area contributed by atoms with Crippen LogP contribution in [-0.2, 0) is 9.59 Å². The third-order valence-electron chi connectivity index (χ3n) is 6.07. The normalized spacial score (nSPS) is 18.2. The average Bonchev–Trinajstić information content (AvgIpc) is 3.32. The molecule has 0 bridgehead atoms. The number of benzene rings is 1. The Kier molecular flexibility index (Phi) is 7.90. The number of nitrogens with one attached hydrogen (secondary N) is 1. The van der Waals surface area contributed by atoms with E-state index in [1.807, 2.05) is 18.7 Å². The van der Waals surface area contributed by atoms with E-state index in [4.69, 9.17) is 4.74 Å². The quantitative estimate of drug-likeness (QED) is 0.703. The van der Waals surface area contributed by atoms with Gasteiger partial charge in [-0.15, -0.1) is 0 Å². The molecule has 3 amide bonds. The zero-order valence-corrected chi connectivity index (χ0v) is 18.8. The fourth-order valence-corrected chi connectivity index (χ4v) is 4.15. The standard InChI is InChI=1S/C23H34N4O4/c1-17(2)21(24-22(29)18-8-4-5-9-19(18)31-3)23(30)27-14-12-25(13-15-27)16-20(28)26-10-6-7-11-26/h4-5,8-9,17,21H,6-7,10-16H2,1-3H3,(H,24,29)/t21-/m0/s1. The highest BCUT2D eigenvalue weighted by atomic mass is 16.5. The second-order valence-electron chi connectivity index (χ2n) is 8.58. The van der Waals surface area contributed by atoms with E-state index in [1.54, 1.807) is 29.2 Å². The Bertz CT molecular complexity index is 784. The summed E-state index contributed by atoms with van der Waals surface area (Å²) in [5.41, 5.74) is 0.411. The molecule has 8 nitrogen and oxygen atoms in total. The van der Waals surface area contributed by atoms with Crippen molar-refractivity contribution >= 4 is 17.7 Å². The Morgan fingerprint density at radius 2 is 1.61 bits per heavy atom. The molecular weight excluding hydrogens is 396 g/mol. The first-order valence-electron chi connectivity index (χ1n) is 11.1. The number of nitrogens with zero attached hydrogens (tertiary/aromatic N) is 3. The summed E-state index contributed by atoms with van der Waals surface area (Å²) in [7, 11) is 1.52. The number of ether oxygens (including phenoxy) is 1. The van der Waals surface area contributed by atoms with Gasteiger partial charge >= 0.3 is 0 Å². The maximum atomic E-state index is 13.2. The molecule has 1 aromatic carbocycles. The van der Waals surface area contributed by atoms with E-state index in [9.17, 15) is 14.4 Å². The molecule has 170 valence electrons. The van der Waals surface area contributed by atoms with Crippen LogP contribution in [-0.4, -0.2) is 91.4 Å². The second-order valence-corrected chi connectivity index (χ2v) is 8.58. The third kappa shape index (κ3) is 5.76. The summed E-state index contributed by atoms with van der Waals surface area (Å²) in [4.78, 5) is 44.2. The van der Waals surface area contributed by atoms with Gasteiger partial charge in [0.05, 0.1) is 19.2 Å². The molecule has 2 saturated heterocycles. The van der Waals surface area contributed by atoms with E-state index in [-0.39, 0.29) is 23.6 Å². The molecule has 1 aromatic rings. The van der Waals surface area contributed by atoms with Crippen molar-refractivity contribution in [2.75, 3.05) is 52.9 Å². The largest absolute Gasteiger partial charge is 0.496 e. The molecule has 0 spiro atoms. The summed E-state index contributed by atoms with van der Waals surface area (Å²) in [5, 5.41) is 2.90. The van der Waals surface area contributed by atoms with Crippen LogP contribution in [0.15, 0.2) is 24.3 Å². The van der Waals surface area contributed by atoms with Gasteiger partial charge < -0.3 is 19.9 Å². The number of amides is 3. The Balaban J connectivity index is 1.55. The van der Waals surface area contributed by atoms with E-state index >= 15 is 0 Å². The molecule has 1 atom stereocenters. The monoisotopic (exact) mass is 430 g/mol. The van der Waals surface area contributed by atoms with Gasteiger partial charge in [0.1, 0.15) is 11.8 Å². The van der Waals surface area contributed by atoms with Crippen molar-refractivity contribution in [1.82, 2.24) is 20.0 Å². The summed E-state index contributed by atoms with van der Waals surface area (Å²) >= 11 is 0. The van der Waals surface area contributed by atoms with Crippen LogP contribution in [0.1, 0.15) is 37.0 Å². The van der Waals surface area contributed by atoms with Gasteiger partial charge in [-0.25, -0.2) is 0 Å². The van der Waals surface area contributed by atoms with Gasteiger partial charge in [-0.2, -0.15) is 0 Å². The number of methoxy groups -OCH3 is 1. The molecule has 0 radical (unpaired) electrons. The van der Waals surface area contributed by atoms with E-state index < -0.39 is 6.04 Å². The van der Waals surface area contributed by atoms with Gasteiger partial charge in [0, 0.05) is 39.3 Å². The van der Waals surface area contributed by atoms with Gasteiger partial charge in [0.2, 0.25) is 11.8 Å². The smallest absolute Gasteiger partial charge is 0.255 e. The Morgan fingerprint density at radius 3 is 2.23 bits per heavy atom. The molecule has 0 saturated carbocycles. The minimum atomic E-state index is -0.616. The number of carbonyl (C=O) groups excluding carboxylic acids is 3. The lowest BCUT2D eigenvalue weighted by Gasteiger charge is -2.37. The average molecular weight is 431 g/mol. The van der Waals surface area contributed by atoms with Crippen molar-refractivity contribution in [2.24, 2.45) is 5.92 Å². The first-order valence-corrected chi connectivity index (χ1v) is 11.1. The van der Waals surface area contributed by atoms with Gasteiger partial charge in [0.15, 0.2) is 0 Å². The maximum absolute atomic E-state index is 13.2. The van der Waals surface area contributed by atoms with E-state index in [2.05, 4.69) is 10.2 Å².